The third-order valence-corrected chi connectivity index (χ3v) is 1.65. The molecule has 4 nitrogen and oxygen atoms in total. The molecule has 0 atom stereocenters. The highest BCUT2D eigenvalue weighted by molar-refractivity contribution is 8.12. The van der Waals surface area contributed by atoms with Gasteiger partial charge >= 0.3 is 6.56 Å². The Balaban J connectivity index is 0.00000121. The molecule has 1 aromatic rings. The summed E-state index contributed by atoms with van der Waals surface area (Å²) in [6, 6.07) is 8.33. The second-order valence-electron chi connectivity index (χ2n) is 2.04. The first-order chi connectivity index (χ1) is 5.08. The largest absolute Gasteiger partial charge is 0.412 e. The van der Waals surface area contributed by atoms with Crippen LogP contribution >= 0.6 is 0 Å². The zero-order valence-corrected chi connectivity index (χ0v) is 6.95. The van der Waals surface area contributed by atoms with Gasteiger partial charge in [0.25, 0.3) is 0 Å². The summed E-state index contributed by atoms with van der Waals surface area (Å²) < 4.78 is 29.0. The van der Waals surface area contributed by atoms with E-state index in [1.807, 2.05) is 0 Å². The van der Waals surface area contributed by atoms with Crippen LogP contribution in [0.1, 0.15) is 0 Å². The van der Waals surface area contributed by atoms with E-state index in [1.54, 1.807) is 30.3 Å². The third-order valence-electron chi connectivity index (χ3n) is 1.08. The molecule has 6 heteroatoms. The molecule has 0 bridgehead atoms. The smallest absolute Gasteiger partial charge is 0.354 e. The van der Waals surface area contributed by atoms with Crippen molar-refractivity contribution in [2.45, 2.75) is 0 Å². The first kappa shape index (κ1) is 11.2. The molecule has 3 N–H and O–H groups in total. The fourth-order valence-electron chi connectivity index (χ4n) is 0.704. The predicted octanol–water partition coefficient (Wildman–Crippen LogP) is -1.01. The van der Waals surface area contributed by atoms with Crippen molar-refractivity contribution in [3.8, 4) is 0 Å². The van der Waals surface area contributed by atoms with Crippen LogP contribution in [0, 0.1) is 0 Å². The molecule has 0 saturated heterocycles. The molecule has 0 unspecified atom stereocenters. The molecule has 0 aliphatic heterocycles. The molecule has 0 spiro atoms. The minimum atomic E-state index is -4.00. The first-order valence-corrected chi connectivity index (χ1v) is 4.45. The second kappa shape index (κ2) is 4.25. The maximum absolute atomic E-state index is 10.3. The van der Waals surface area contributed by atoms with Crippen molar-refractivity contribution in [3.05, 3.63) is 30.3 Å². The van der Waals surface area contributed by atoms with E-state index < -0.39 is 9.97 Å². The molecular weight excluding hydrogens is 179 g/mol. The Morgan fingerprint density at radius 2 is 1.67 bits per heavy atom. The molecule has 0 heterocycles. The van der Waals surface area contributed by atoms with Crippen molar-refractivity contribution in [1.29, 1.82) is 0 Å². The van der Waals surface area contributed by atoms with Gasteiger partial charge in [-0.2, -0.15) is 0 Å². The van der Waals surface area contributed by atoms with E-state index >= 15 is 0 Å². The summed E-state index contributed by atoms with van der Waals surface area (Å²) in [5, 5.41) is 0. The van der Waals surface area contributed by atoms with Gasteiger partial charge in [0.05, 0.1) is 0 Å². The second-order valence-corrected chi connectivity index (χ2v) is 3.31. The average Bonchev–Trinajstić information content (AvgIpc) is 1.85. The lowest BCUT2D eigenvalue weighted by Crippen LogP contribution is -2.22. The van der Waals surface area contributed by atoms with Gasteiger partial charge < -0.3 is 5.48 Å². The molecule has 0 aromatic heterocycles. The van der Waals surface area contributed by atoms with Crippen LogP contribution in [0.15, 0.2) is 30.3 Å². The minimum absolute atomic E-state index is 0. The minimum Gasteiger partial charge on any atom is -0.412 e. The van der Waals surface area contributed by atoms with Crippen molar-refractivity contribution in [3.63, 3.8) is 0 Å². The summed E-state index contributed by atoms with van der Waals surface area (Å²) in [5.74, 6) is 0. The lowest BCUT2D eigenvalue weighted by atomic mass is 9.95. The fourth-order valence-corrected chi connectivity index (χ4v) is 1.20. The summed E-state index contributed by atoms with van der Waals surface area (Å²) in [4.78, 5) is 0. The van der Waals surface area contributed by atoms with Gasteiger partial charge in [-0.05, 0) is 0 Å². The van der Waals surface area contributed by atoms with Crippen LogP contribution in [0.25, 0.3) is 0 Å². The van der Waals surface area contributed by atoms with Crippen LogP contribution in [0.2, 0.25) is 0 Å². The lowest BCUT2D eigenvalue weighted by Gasteiger charge is -1.93. The molecular formula is C6H8BO4S. The van der Waals surface area contributed by atoms with Gasteiger partial charge in [0.1, 0.15) is 0 Å². The van der Waals surface area contributed by atoms with Gasteiger partial charge in [0, 0.05) is 0 Å². The Kier molecular flexibility index (Phi) is 3.95. The maximum atomic E-state index is 10.3. The van der Waals surface area contributed by atoms with Gasteiger partial charge in [-0.25, -0.2) is 8.42 Å². The standard InChI is InChI=1S/C6H6BO3S.H2O/c8-11(9,10)7-6-4-2-1-3-5-6;/h1-5H,(H,8,9,10);1H2. The molecule has 0 amide bonds. The molecule has 1 rings (SSSR count). The third kappa shape index (κ3) is 4.12. The zero-order chi connectivity index (χ0) is 8.32. The van der Waals surface area contributed by atoms with E-state index in [-0.39, 0.29) is 5.48 Å². The molecule has 1 aromatic carbocycles. The summed E-state index contributed by atoms with van der Waals surface area (Å²) in [7, 11) is -4.00. The fraction of sp³-hybridized carbons (Fsp3) is 0. The van der Waals surface area contributed by atoms with Gasteiger partial charge in [0.2, 0.25) is 9.97 Å². The Hall–Kier alpha value is -0.845. The van der Waals surface area contributed by atoms with E-state index in [2.05, 4.69) is 0 Å². The molecule has 65 valence electrons. The Morgan fingerprint density at radius 1 is 1.17 bits per heavy atom. The summed E-state index contributed by atoms with van der Waals surface area (Å²) in [5.41, 5.74) is 0.468. The van der Waals surface area contributed by atoms with Crippen LogP contribution in [0.4, 0.5) is 0 Å². The van der Waals surface area contributed by atoms with E-state index in [0.717, 1.165) is 6.56 Å². The average molecular weight is 187 g/mol. The molecule has 0 fully saturated rings. The number of rotatable bonds is 2. The van der Waals surface area contributed by atoms with Crippen LogP contribution in [-0.4, -0.2) is 25.0 Å². The SMILES string of the molecule is O.O=S(=O)(O)[B]c1ccccc1. The van der Waals surface area contributed by atoms with Crippen molar-refractivity contribution < 1.29 is 18.4 Å². The summed E-state index contributed by atoms with van der Waals surface area (Å²) in [6.07, 6.45) is 0. The molecule has 12 heavy (non-hydrogen) atoms. The predicted molar refractivity (Wildman–Crippen MR) is 47.0 cm³/mol. The Labute approximate surface area is 71.4 Å². The zero-order valence-electron chi connectivity index (χ0n) is 6.14. The van der Waals surface area contributed by atoms with Crippen molar-refractivity contribution in [1.82, 2.24) is 0 Å². The lowest BCUT2D eigenvalue weighted by molar-refractivity contribution is 0.501. The van der Waals surface area contributed by atoms with Gasteiger partial charge in [-0.15, -0.1) is 0 Å². The summed E-state index contributed by atoms with van der Waals surface area (Å²) >= 11 is 0. The van der Waals surface area contributed by atoms with Gasteiger partial charge in [0.15, 0.2) is 0 Å². The molecule has 0 aliphatic carbocycles. The monoisotopic (exact) mass is 187 g/mol. The highest BCUT2D eigenvalue weighted by Gasteiger charge is 2.08. The van der Waals surface area contributed by atoms with Crippen molar-refractivity contribution >= 4 is 22.0 Å². The Morgan fingerprint density at radius 3 is 2.08 bits per heavy atom. The van der Waals surface area contributed by atoms with Crippen LogP contribution < -0.4 is 5.46 Å². The normalized spacial score (nSPS) is 10.1. The van der Waals surface area contributed by atoms with E-state index in [1.165, 1.54) is 0 Å². The van der Waals surface area contributed by atoms with Gasteiger partial charge in [-0.3, -0.25) is 4.55 Å². The van der Waals surface area contributed by atoms with E-state index in [0.29, 0.717) is 5.46 Å². The molecule has 0 saturated carbocycles. The topological polar surface area (TPSA) is 85.9 Å². The van der Waals surface area contributed by atoms with Crippen molar-refractivity contribution in [2.75, 3.05) is 0 Å². The van der Waals surface area contributed by atoms with E-state index in [4.69, 9.17) is 4.55 Å². The van der Waals surface area contributed by atoms with Crippen LogP contribution in [0.3, 0.4) is 0 Å². The van der Waals surface area contributed by atoms with Crippen molar-refractivity contribution in [2.24, 2.45) is 0 Å². The van der Waals surface area contributed by atoms with E-state index in [9.17, 15) is 8.42 Å². The highest BCUT2D eigenvalue weighted by atomic mass is 32.2. The Bertz CT molecular complexity index is 321. The van der Waals surface area contributed by atoms with Crippen LogP contribution in [-0.2, 0) is 9.97 Å². The molecule has 0 aliphatic rings. The summed E-state index contributed by atoms with van der Waals surface area (Å²) in [6.45, 7) is 0.799. The quantitative estimate of drug-likeness (QED) is 0.475. The number of hydrogen-bond donors (Lipinski definition) is 1. The number of benzene rings is 1. The molecule has 1 radical (unpaired) electrons. The number of hydrogen-bond acceptors (Lipinski definition) is 2. The highest BCUT2D eigenvalue weighted by Crippen LogP contribution is 1.84. The maximum Gasteiger partial charge on any atom is 0.354 e. The first-order valence-electron chi connectivity index (χ1n) is 2.95. The van der Waals surface area contributed by atoms with Crippen LogP contribution in [0.5, 0.6) is 0 Å². The van der Waals surface area contributed by atoms with Gasteiger partial charge in [-0.1, -0.05) is 35.8 Å².